The lowest BCUT2D eigenvalue weighted by atomic mass is 10.1. The third-order valence-corrected chi connectivity index (χ3v) is 4.41. The molecular formula is C21H15FN4O3. The molecule has 4 rings (SSSR count). The number of rotatable bonds is 4. The van der Waals surface area contributed by atoms with Crippen molar-refractivity contribution in [3.63, 3.8) is 0 Å². The van der Waals surface area contributed by atoms with Gasteiger partial charge in [0.2, 0.25) is 0 Å². The molecule has 29 heavy (non-hydrogen) atoms. The Kier molecular flexibility index (Phi) is 4.74. The van der Waals surface area contributed by atoms with Crippen LogP contribution in [0.4, 0.5) is 10.1 Å². The van der Waals surface area contributed by atoms with E-state index >= 15 is 0 Å². The number of aromatic hydroxyl groups is 1. The van der Waals surface area contributed by atoms with E-state index in [0.717, 1.165) is 17.7 Å². The molecule has 0 aliphatic carbocycles. The molecule has 2 aromatic heterocycles. The summed E-state index contributed by atoms with van der Waals surface area (Å²) in [4.78, 5) is 33.8. The van der Waals surface area contributed by atoms with Crippen molar-refractivity contribution in [2.75, 3.05) is 5.32 Å². The van der Waals surface area contributed by atoms with E-state index in [-0.39, 0.29) is 22.2 Å². The van der Waals surface area contributed by atoms with Crippen molar-refractivity contribution in [2.45, 2.75) is 6.54 Å². The van der Waals surface area contributed by atoms with Gasteiger partial charge < -0.3 is 10.4 Å². The lowest BCUT2D eigenvalue weighted by Crippen LogP contribution is -2.23. The van der Waals surface area contributed by atoms with Crippen molar-refractivity contribution in [3.8, 4) is 5.75 Å². The zero-order valence-corrected chi connectivity index (χ0v) is 15.0. The first-order chi connectivity index (χ1) is 14.0. The standard InChI is InChI=1S/C21H15FN4O3/c22-15-10-14(4-5-18(15)27)20(28)25-17-3-1-2-16-19(17)21(29)26(12-24-16)11-13-6-8-23-9-7-13/h1-10,12,27H,11H2,(H,25,28). The summed E-state index contributed by atoms with van der Waals surface area (Å²) >= 11 is 0. The van der Waals surface area contributed by atoms with Gasteiger partial charge in [-0.25, -0.2) is 9.37 Å². The highest BCUT2D eigenvalue weighted by atomic mass is 19.1. The van der Waals surface area contributed by atoms with Crippen LogP contribution in [0.3, 0.4) is 0 Å². The summed E-state index contributed by atoms with van der Waals surface area (Å²) < 4.78 is 15.0. The quantitative estimate of drug-likeness (QED) is 0.558. The molecule has 0 unspecified atom stereocenters. The fraction of sp³-hybridized carbons (Fsp3) is 0.0476. The largest absolute Gasteiger partial charge is 0.505 e. The minimum Gasteiger partial charge on any atom is -0.505 e. The Morgan fingerprint density at radius 3 is 2.69 bits per heavy atom. The van der Waals surface area contributed by atoms with E-state index in [9.17, 15) is 19.1 Å². The Balaban J connectivity index is 1.72. The highest BCUT2D eigenvalue weighted by Gasteiger charge is 2.14. The van der Waals surface area contributed by atoms with Gasteiger partial charge in [-0.2, -0.15) is 0 Å². The average molecular weight is 390 g/mol. The van der Waals surface area contributed by atoms with Crippen LogP contribution < -0.4 is 10.9 Å². The third-order valence-electron chi connectivity index (χ3n) is 4.41. The maximum Gasteiger partial charge on any atom is 0.263 e. The molecular weight excluding hydrogens is 375 g/mol. The van der Waals surface area contributed by atoms with E-state index in [2.05, 4.69) is 15.3 Å². The van der Waals surface area contributed by atoms with Crippen LogP contribution in [-0.4, -0.2) is 25.5 Å². The van der Waals surface area contributed by atoms with Crippen molar-refractivity contribution in [2.24, 2.45) is 0 Å². The lowest BCUT2D eigenvalue weighted by Gasteiger charge is -2.11. The van der Waals surface area contributed by atoms with Gasteiger partial charge in [0.1, 0.15) is 0 Å². The molecule has 0 bridgehead atoms. The monoisotopic (exact) mass is 390 g/mol. The van der Waals surface area contributed by atoms with Gasteiger partial charge in [0.15, 0.2) is 11.6 Å². The molecule has 7 nitrogen and oxygen atoms in total. The van der Waals surface area contributed by atoms with E-state index in [4.69, 9.17) is 0 Å². The third kappa shape index (κ3) is 3.68. The molecule has 1 amide bonds. The SMILES string of the molecule is O=C(Nc1cccc2ncn(Cc3ccncc3)c(=O)c12)c1ccc(O)c(F)c1. The summed E-state index contributed by atoms with van der Waals surface area (Å²) in [5, 5.41) is 12.2. The van der Waals surface area contributed by atoms with Crippen LogP contribution in [0.5, 0.6) is 5.75 Å². The lowest BCUT2D eigenvalue weighted by molar-refractivity contribution is 0.102. The highest BCUT2D eigenvalue weighted by Crippen LogP contribution is 2.21. The van der Waals surface area contributed by atoms with Gasteiger partial charge in [-0.15, -0.1) is 0 Å². The molecule has 0 fully saturated rings. The summed E-state index contributed by atoms with van der Waals surface area (Å²) in [7, 11) is 0. The van der Waals surface area contributed by atoms with Crippen LogP contribution in [-0.2, 0) is 6.54 Å². The number of nitrogens with one attached hydrogen (secondary N) is 1. The van der Waals surface area contributed by atoms with Crippen LogP contribution in [0, 0.1) is 5.82 Å². The number of fused-ring (bicyclic) bond motifs is 1. The van der Waals surface area contributed by atoms with Gasteiger partial charge in [0, 0.05) is 18.0 Å². The molecule has 0 saturated carbocycles. The highest BCUT2D eigenvalue weighted by molar-refractivity contribution is 6.08. The number of phenolic OH excluding ortho intramolecular Hbond substituents is 1. The first-order valence-corrected chi connectivity index (χ1v) is 8.70. The Labute approximate surface area is 164 Å². The first kappa shape index (κ1) is 18.3. The maximum absolute atomic E-state index is 13.6. The number of aromatic nitrogens is 3. The molecule has 8 heteroatoms. The predicted octanol–water partition coefficient (Wildman–Crippen LogP) is 2.94. The summed E-state index contributed by atoms with van der Waals surface area (Å²) in [5.74, 6) is -2.06. The fourth-order valence-corrected chi connectivity index (χ4v) is 2.94. The second-order valence-electron chi connectivity index (χ2n) is 6.35. The number of pyridine rings is 1. The van der Waals surface area contributed by atoms with E-state index in [1.807, 2.05) is 0 Å². The number of anilines is 1. The minimum absolute atomic E-state index is 0.0123. The van der Waals surface area contributed by atoms with Gasteiger partial charge in [0.05, 0.1) is 29.5 Å². The second kappa shape index (κ2) is 7.51. The Bertz CT molecular complexity index is 1270. The number of carbonyl (C=O) groups excluding carboxylic acids is 1. The van der Waals surface area contributed by atoms with E-state index in [1.165, 1.54) is 17.0 Å². The van der Waals surface area contributed by atoms with Gasteiger partial charge in [-0.3, -0.25) is 19.1 Å². The number of carbonyl (C=O) groups is 1. The van der Waals surface area contributed by atoms with Crippen LogP contribution >= 0.6 is 0 Å². The number of amides is 1. The van der Waals surface area contributed by atoms with Gasteiger partial charge >= 0.3 is 0 Å². The average Bonchev–Trinajstić information content (AvgIpc) is 2.73. The molecule has 0 saturated heterocycles. The van der Waals surface area contributed by atoms with Crippen LogP contribution in [0.1, 0.15) is 15.9 Å². The van der Waals surface area contributed by atoms with Crippen molar-refractivity contribution in [1.29, 1.82) is 0 Å². The summed E-state index contributed by atoms with van der Waals surface area (Å²) in [5.41, 5.74) is 1.26. The van der Waals surface area contributed by atoms with Gasteiger partial charge in [-0.05, 0) is 48.0 Å². The number of benzene rings is 2. The minimum atomic E-state index is -0.906. The number of phenols is 1. The molecule has 0 spiro atoms. The Morgan fingerprint density at radius 2 is 1.93 bits per heavy atom. The molecule has 144 valence electrons. The zero-order valence-electron chi connectivity index (χ0n) is 15.0. The Morgan fingerprint density at radius 1 is 1.14 bits per heavy atom. The van der Waals surface area contributed by atoms with Crippen LogP contribution in [0.2, 0.25) is 0 Å². The van der Waals surface area contributed by atoms with E-state index in [0.29, 0.717) is 12.1 Å². The van der Waals surface area contributed by atoms with E-state index < -0.39 is 17.5 Å². The van der Waals surface area contributed by atoms with Crippen molar-refractivity contribution in [3.05, 3.63) is 94.5 Å². The summed E-state index contributed by atoms with van der Waals surface area (Å²) in [6.45, 7) is 0.301. The number of nitrogens with zero attached hydrogens (tertiary/aromatic N) is 3. The maximum atomic E-state index is 13.6. The normalized spacial score (nSPS) is 10.8. The van der Waals surface area contributed by atoms with Crippen molar-refractivity contribution >= 4 is 22.5 Å². The first-order valence-electron chi connectivity index (χ1n) is 8.70. The van der Waals surface area contributed by atoms with Gasteiger partial charge in [-0.1, -0.05) is 6.07 Å². The molecule has 2 heterocycles. The number of hydrogen-bond donors (Lipinski definition) is 2. The van der Waals surface area contributed by atoms with Crippen LogP contribution in [0.15, 0.2) is 72.0 Å². The van der Waals surface area contributed by atoms with Crippen molar-refractivity contribution < 1.29 is 14.3 Å². The molecule has 2 aromatic carbocycles. The van der Waals surface area contributed by atoms with Crippen LogP contribution in [0.25, 0.3) is 10.9 Å². The molecule has 2 N–H and O–H groups in total. The molecule has 4 aromatic rings. The predicted molar refractivity (Wildman–Crippen MR) is 105 cm³/mol. The van der Waals surface area contributed by atoms with E-state index in [1.54, 1.807) is 42.7 Å². The van der Waals surface area contributed by atoms with Crippen molar-refractivity contribution in [1.82, 2.24) is 14.5 Å². The zero-order chi connectivity index (χ0) is 20.4. The molecule has 0 radical (unpaired) electrons. The smallest absolute Gasteiger partial charge is 0.263 e. The topological polar surface area (TPSA) is 97.1 Å². The number of halogens is 1. The van der Waals surface area contributed by atoms with Gasteiger partial charge in [0.25, 0.3) is 11.5 Å². The molecule has 0 aliphatic rings. The number of hydrogen-bond acceptors (Lipinski definition) is 5. The summed E-state index contributed by atoms with van der Waals surface area (Å²) in [6, 6.07) is 11.8. The molecule has 0 atom stereocenters. The Hall–Kier alpha value is -4.07. The second-order valence-corrected chi connectivity index (χ2v) is 6.35. The summed E-state index contributed by atoms with van der Waals surface area (Å²) in [6.07, 6.45) is 4.72. The fourth-order valence-electron chi connectivity index (χ4n) is 2.94. The molecule has 0 aliphatic heterocycles.